The van der Waals surface area contributed by atoms with Crippen molar-refractivity contribution in [2.24, 2.45) is 5.92 Å². The summed E-state index contributed by atoms with van der Waals surface area (Å²) in [5.41, 5.74) is 1.76. The number of amides is 1. The van der Waals surface area contributed by atoms with Gasteiger partial charge in [-0.3, -0.25) is 18.9 Å². The maximum Gasteiger partial charge on any atom is 0.267 e. The highest BCUT2D eigenvalue weighted by molar-refractivity contribution is 8.26. The van der Waals surface area contributed by atoms with E-state index in [0.29, 0.717) is 51.8 Å². The van der Waals surface area contributed by atoms with Gasteiger partial charge in [-0.1, -0.05) is 63.2 Å². The first kappa shape index (κ1) is 26.8. The van der Waals surface area contributed by atoms with E-state index in [1.54, 1.807) is 21.6 Å². The van der Waals surface area contributed by atoms with Gasteiger partial charge in [0, 0.05) is 25.8 Å². The quantitative estimate of drug-likeness (QED) is 0.351. The van der Waals surface area contributed by atoms with Crippen molar-refractivity contribution in [3.8, 4) is 0 Å². The van der Waals surface area contributed by atoms with Crippen LogP contribution in [0.5, 0.6) is 0 Å². The largest absolute Gasteiger partial charge is 0.372 e. The molecule has 0 bridgehead atoms. The van der Waals surface area contributed by atoms with Crippen molar-refractivity contribution in [1.82, 2.24) is 14.3 Å². The van der Waals surface area contributed by atoms with E-state index in [0.717, 1.165) is 31.2 Å². The molecule has 2 aromatic heterocycles. The zero-order valence-electron chi connectivity index (χ0n) is 21.8. The van der Waals surface area contributed by atoms with E-state index < -0.39 is 0 Å². The number of thiocarbonyl (C=S) groups is 1. The van der Waals surface area contributed by atoms with Crippen LogP contribution in [0.25, 0.3) is 11.7 Å². The lowest BCUT2D eigenvalue weighted by molar-refractivity contribution is -0.122. The Labute approximate surface area is 222 Å². The average molecular weight is 529 g/mol. The summed E-state index contributed by atoms with van der Waals surface area (Å²) in [6.45, 7) is 12.2. The highest BCUT2D eigenvalue weighted by Crippen LogP contribution is 2.35. The third-order valence-electron chi connectivity index (χ3n) is 6.92. The molecule has 36 heavy (non-hydrogen) atoms. The first-order valence-corrected chi connectivity index (χ1v) is 14.1. The van der Waals surface area contributed by atoms with Crippen molar-refractivity contribution >= 4 is 51.7 Å². The lowest BCUT2D eigenvalue weighted by Crippen LogP contribution is -2.46. The van der Waals surface area contributed by atoms with Crippen LogP contribution in [0, 0.1) is 12.8 Å². The van der Waals surface area contributed by atoms with Crippen LogP contribution in [-0.4, -0.2) is 56.4 Å². The Morgan fingerprint density at radius 3 is 2.64 bits per heavy atom. The van der Waals surface area contributed by atoms with Crippen molar-refractivity contribution in [3.63, 3.8) is 0 Å². The molecule has 2 aliphatic rings. The molecule has 3 atom stereocenters. The molecular weight excluding hydrogens is 492 g/mol. The van der Waals surface area contributed by atoms with Gasteiger partial charge in [0.15, 0.2) is 0 Å². The Hall–Kier alpha value is -2.23. The number of morpholine rings is 1. The molecule has 2 saturated heterocycles. The molecule has 7 nitrogen and oxygen atoms in total. The van der Waals surface area contributed by atoms with E-state index in [2.05, 4.69) is 18.7 Å². The van der Waals surface area contributed by atoms with Gasteiger partial charge in [-0.15, -0.1) is 0 Å². The molecule has 194 valence electrons. The fourth-order valence-corrected chi connectivity index (χ4v) is 6.24. The van der Waals surface area contributed by atoms with Crippen molar-refractivity contribution in [2.45, 2.75) is 72.5 Å². The van der Waals surface area contributed by atoms with Gasteiger partial charge in [0.2, 0.25) is 0 Å². The molecule has 9 heteroatoms. The molecule has 0 aromatic carbocycles. The van der Waals surface area contributed by atoms with Gasteiger partial charge in [0.25, 0.3) is 11.5 Å². The van der Waals surface area contributed by atoms with Crippen LogP contribution in [0.4, 0.5) is 5.82 Å². The topological polar surface area (TPSA) is 67.2 Å². The maximum atomic E-state index is 13.8. The van der Waals surface area contributed by atoms with Gasteiger partial charge in [-0.05, 0) is 50.8 Å². The number of unbranched alkanes of at least 4 members (excludes halogenated alkanes) is 1. The third kappa shape index (κ3) is 5.53. The van der Waals surface area contributed by atoms with Crippen LogP contribution < -0.4 is 10.5 Å². The van der Waals surface area contributed by atoms with Crippen molar-refractivity contribution in [3.05, 3.63) is 44.7 Å². The van der Waals surface area contributed by atoms with Crippen molar-refractivity contribution in [2.75, 3.05) is 24.5 Å². The molecule has 0 radical (unpaired) electrons. The van der Waals surface area contributed by atoms with Crippen LogP contribution in [0.15, 0.2) is 28.0 Å². The summed E-state index contributed by atoms with van der Waals surface area (Å²) < 4.78 is 8.05. The number of aromatic nitrogens is 2. The van der Waals surface area contributed by atoms with Crippen LogP contribution in [0.2, 0.25) is 0 Å². The standard InChI is InChI=1S/C27H36N4O3S2/c1-6-8-11-20(7-2)16-31-26(33)22(36-27(31)35)13-21-24(29-14-18(4)34-19(5)15-29)28-23-17(3)10-9-12-30(23)25(21)32/h9-10,12-13,18-20H,6-8,11,14-16H2,1-5H3/b22-13+. The fraction of sp³-hybridized carbons (Fsp3) is 0.556. The molecule has 0 spiro atoms. The van der Waals surface area contributed by atoms with Crippen molar-refractivity contribution < 1.29 is 9.53 Å². The second-order valence-corrected chi connectivity index (χ2v) is 11.6. The van der Waals surface area contributed by atoms with E-state index >= 15 is 0 Å². The molecule has 0 saturated carbocycles. The molecule has 3 unspecified atom stereocenters. The monoisotopic (exact) mass is 528 g/mol. The molecule has 4 heterocycles. The van der Waals surface area contributed by atoms with E-state index in [4.69, 9.17) is 21.9 Å². The first-order valence-electron chi connectivity index (χ1n) is 12.9. The normalized spacial score (nSPS) is 22.8. The van der Waals surface area contributed by atoms with Gasteiger partial charge in [-0.2, -0.15) is 0 Å². The minimum absolute atomic E-state index is 0.00558. The molecule has 0 N–H and O–H groups in total. The van der Waals surface area contributed by atoms with Crippen LogP contribution in [0.1, 0.15) is 64.5 Å². The van der Waals surface area contributed by atoms with Gasteiger partial charge in [0.1, 0.15) is 15.8 Å². The Morgan fingerprint density at radius 2 is 1.97 bits per heavy atom. The predicted octanol–water partition coefficient (Wildman–Crippen LogP) is 5.03. The zero-order valence-corrected chi connectivity index (χ0v) is 23.5. The molecule has 0 aliphatic carbocycles. The number of carbonyl (C=O) groups is 1. The van der Waals surface area contributed by atoms with Gasteiger partial charge in [0.05, 0.1) is 22.7 Å². The summed E-state index contributed by atoms with van der Waals surface area (Å²) in [6.07, 6.45) is 7.80. The van der Waals surface area contributed by atoms with E-state index in [1.807, 2.05) is 32.9 Å². The van der Waals surface area contributed by atoms with Gasteiger partial charge < -0.3 is 9.64 Å². The number of fused-ring (bicyclic) bond motifs is 1. The summed E-state index contributed by atoms with van der Waals surface area (Å²) in [5, 5.41) is 0. The van der Waals surface area contributed by atoms with Crippen LogP contribution in [-0.2, 0) is 9.53 Å². The van der Waals surface area contributed by atoms with Crippen LogP contribution in [0.3, 0.4) is 0 Å². The number of thioether (sulfide) groups is 1. The molecule has 2 aromatic rings. The lowest BCUT2D eigenvalue weighted by atomic mass is 9.99. The second kappa shape index (κ2) is 11.4. The number of aryl methyl sites for hydroxylation is 1. The molecule has 1 amide bonds. The summed E-state index contributed by atoms with van der Waals surface area (Å²) in [6, 6.07) is 3.79. The molecule has 2 fully saturated rings. The van der Waals surface area contributed by atoms with E-state index in [1.165, 1.54) is 11.8 Å². The van der Waals surface area contributed by atoms with Crippen molar-refractivity contribution in [1.29, 1.82) is 0 Å². The number of nitrogens with zero attached hydrogens (tertiary/aromatic N) is 4. The lowest BCUT2D eigenvalue weighted by Gasteiger charge is -2.36. The van der Waals surface area contributed by atoms with Gasteiger partial charge in [-0.25, -0.2) is 4.98 Å². The number of carbonyl (C=O) groups excluding carboxylic acids is 1. The Balaban J connectivity index is 1.76. The highest BCUT2D eigenvalue weighted by Gasteiger charge is 2.34. The van der Waals surface area contributed by atoms with Gasteiger partial charge >= 0.3 is 0 Å². The minimum Gasteiger partial charge on any atom is -0.372 e. The number of hydrogen-bond acceptors (Lipinski definition) is 7. The number of pyridine rings is 1. The second-order valence-electron chi connectivity index (χ2n) is 9.91. The number of anilines is 1. The number of hydrogen-bond donors (Lipinski definition) is 0. The van der Waals surface area contributed by atoms with Crippen LogP contribution >= 0.6 is 24.0 Å². The summed E-state index contributed by atoms with van der Waals surface area (Å²) in [4.78, 5) is 36.5. The molecule has 2 aliphatic heterocycles. The molecular formula is C27H36N4O3S2. The smallest absolute Gasteiger partial charge is 0.267 e. The predicted molar refractivity (Wildman–Crippen MR) is 152 cm³/mol. The Morgan fingerprint density at radius 1 is 1.25 bits per heavy atom. The number of rotatable bonds is 8. The summed E-state index contributed by atoms with van der Waals surface area (Å²) in [5.74, 6) is 0.883. The SMILES string of the molecule is CCCCC(CC)CN1C(=O)/C(=C\c2c(N3CC(C)OC(C)C3)nc3c(C)cccn3c2=O)SC1=S. The highest BCUT2D eigenvalue weighted by atomic mass is 32.2. The number of ether oxygens (including phenoxy) is 1. The fourth-order valence-electron chi connectivity index (χ4n) is 4.98. The van der Waals surface area contributed by atoms with E-state index in [9.17, 15) is 9.59 Å². The molecule has 4 rings (SSSR count). The van der Waals surface area contributed by atoms with E-state index in [-0.39, 0.29) is 23.7 Å². The minimum atomic E-state index is -0.190. The summed E-state index contributed by atoms with van der Waals surface area (Å²) in [7, 11) is 0. The zero-order chi connectivity index (χ0) is 26.0. The Kier molecular flexibility index (Phi) is 8.52. The Bertz CT molecular complexity index is 1230. The summed E-state index contributed by atoms with van der Waals surface area (Å²) >= 11 is 6.88. The first-order chi connectivity index (χ1) is 17.2. The third-order valence-corrected chi connectivity index (χ3v) is 8.29. The maximum absolute atomic E-state index is 13.8. The average Bonchev–Trinajstić information content (AvgIpc) is 3.10.